The molecule has 1 atom stereocenters. The van der Waals surface area contributed by atoms with Crippen LogP contribution in [0.2, 0.25) is 0 Å². The number of ketones is 1. The highest BCUT2D eigenvalue weighted by Crippen LogP contribution is 2.33. The van der Waals surface area contributed by atoms with Crippen LogP contribution < -0.4 is 4.74 Å². The predicted octanol–water partition coefficient (Wildman–Crippen LogP) is 4.47. The Bertz CT molecular complexity index is 1320. The van der Waals surface area contributed by atoms with Crippen molar-refractivity contribution in [3.63, 3.8) is 0 Å². The number of hydrogen-bond donors (Lipinski definition) is 2. The van der Waals surface area contributed by atoms with Crippen molar-refractivity contribution in [1.82, 2.24) is 20.6 Å². The summed E-state index contributed by atoms with van der Waals surface area (Å²) in [5, 5.41) is 24.4. The van der Waals surface area contributed by atoms with Gasteiger partial charge in [-0.25, -0.2) is 4.21 Å². The minimum atomic E-state index is -1.38. The number of phenolic OH excluding ortho intramolecular Hbond substituents is 1. The maximum atomic E-state index is 13.1. The predicted molar refractivity (Wildman–Crippen MR) is 127 cm³/mol. The Morgan fingerprint density at radius 2 is 1.88 bits per heavy atom. The van der Waals surface area contributed by atoms with E-state index in [0.29, 0.717) is 38.9 Å². The van der Waals surface area contributed by atoms with Crippen LogP contribution in [0, 0.1) is 0 Å². The number of Topliss-reactive ketones (excluding diaryl/α,β-unsaturated/α-hetero) is 1. The summed E-state index contributed by atoms with van der Waals surface area (Å²) < 4.78 is 19.0. The van der Waals surface area contributed by atoms with Gasteiger partial charge in [0.15, 0.2) is 5.78 Å². The molecule has 0 fully saturated rings. The number of aromatic nitrogens is 4. The van der Waals surface area contributed by atoms with E-state index < -0.39 is 10.8 Å². The lowest BCUT2D eigenvalue weighted by Gasteiger charge is -2.15. The number of nitrogens with one attached hydrogen (secondary N) is 1. The third-order valence-electron chi connectivity index (χ3n) is 5.30. The first-order chi connectivity index (χ1) is 16.5. The highest BCUT2D eigenvalue weighted by atomic mass is 32.2. The zero-order chi connectivity index (χ0) is 24.1. The van der Waals surface area contributed by atoms with Gasteiger partial charge < -0.3 is 9.84 Å². The van der Waals surface area contributed by atoms with Crippen LogP contribution in [0.4, 0.5) is 0 Å². The van der Waals surface area contributed by atoms with Gasteiger partial charge in [-0.1, -0.05) is 37.6 Å². The molecule has 0 amide bonds. The number of aromatic hydroxyl groups is 1. The zero-order valence-electron chi connectivity index (χ0n) is 18.8. The summed E-state index contributed by atoms with van der Waals surface area (Å²) in [7, 11) is -1.38. The minimum absolute atomic E-state index is 0.0133. The van der Waals surface area contributed by atoms with E-state index >= 15 is 0 Å². The van der Waals surface area contributed by atoms with Crippen molar-refractivity contribution in [1.29, 1.82) is 0 Å². The van der Waals surface area contributed by atoms with Crippen molar-refractivity contribution >= 4 is 16.6 Å². The van der Waals surface area contributed by atoms with E-state index in [1.807, 2.05) is 31.2 Å². The standard InChI is InChI=1S/C25H24N4O4S/c1-3-5-22-23(13-12-21(16(2)30)24(22)31)33-15-17-8-10-19(11-9-17)34(32)20-7-4-6-18(14-20)25-26-28-29-27-25/h4,6-14,31H,3,5,15H2,1-2H3,(H,26,27,28,29). The Hall–Kier alpha value is -3.85. The quantitative estimate of drug-likeness (QED) is 0.342. The highest BCUT2D eigenvalue weighted by molar-refractivity contribution is 7.85. The maximum Gasteiger partial charge on any atom is 0.204 e. The second-order valence-electron chi connectivity index (χ2n) is 7.71. The van der Waals surface area contributed by atoms with Gasteiger partial charge in [-0.05, 0) is 60.5 Å². The van der Waals surface area contributed by atoms with Gasteiger partial charge in [0.2, 0.25) is 5.82 Å². The summed E-state index contributed by atoms with van der Waals surface area (Å²) in [6, 6.07) is 17.9. The van der Waals surface area contributed by atoms with E-state index in [-0.39, 0.29) is 18.1 Å². The van der Waals surface area contributed by atoms with Crippen LogP contribution in [0.1, 0.15) is 41.8 Å². The van der Waals surface area contributed by atoms with Gasteiger partial charge in [0.1, 0.15) is 18.1 Å². The van der Waals surface area contributed by atoms with Crippen LogP contribution in [0.5, 0.6) is 11.5 Å². The molecule has 0 bridgehead atoms. The lowest BCUT2D eigenvalue weighted by molar-refractivity contribution is 0.101. The summed E-state index contributed by atoms with van der Waals surface area (Å²) in [5.41, 5.74) is 2.55. The van der Waals surface area contributed by atoms with E-state index in [0.717, 1.165) is 17.5 Å². The molecule has 0 aliphatic rings. The van der Waals surface area contributed by atoms with E-state index in [9.17, 15) is 14.1 Å². The molecule has 0 saturated carbocycles. The molecular weight excluding hydrogens is 452 g/mol. The lowest BCUT2D eigenvalue weighted by atomic mass is 10.0. The average molecular weight is 477 g/mol. The lowest BCUT2D eigenvalue weighted by Crippen LogP contribution is -2.03. The molecule has 0 spiro atoms. The molecule has 3 aromatic carbocycles. The van der Waals surface area contributed by atoms with Crippen molar-refractivity contribution in [2.75, 3.05) is 0 Å². The fraction of sp³-hybridized carbons (Fsp3) is 0.200. The number of rotatable bonds is 9. The second kappa shape index (κ2) is 10.4. The molecule has 0 saturated heterocycles. The molecular formula is C25H24N4O4S. The number of tetrazole rings is 1. The first-order valence-corrected chi connectivity index (χ1v) is 12.0. The number of benzene rings is 3. The molecule has 0 radical (unpaired) electrons. The normalized spacial score (nSPS) is 11.8. The molecule has 0 aliphatic heterocycles. The van der Waals surface area contributed by atoms with E-state index in [4.69, 9.17) is 4.74 Å². The minimum Gasteiger partial charge on any atom is -0.507 e. The van der Waals surface area contributed by atoms with Crippen molar-refractivity contribution in [2.45, 2.75) is 43.1 Å². The van der Waals surface area contributed by atoms with Crippen LogP contribution in [0.15, 0.2) is 70.5 Å². The number of H-pyrrole nitrogens is 1. The Balaban J connectivity index is 1.48. The molecule has 0 aliphatic carbocycles. The number of ether oxygens (including phenoxy) is 1. The van der Waals surface area contributed by atoms with Crippen molar-refractivity contribution in [3.05, 3.63) is 77.4 Å². The fourth-order valence-corrected chi connectivity index (χ4v) is 4.66. The third kappa shape index (κ3) is 5.04. The summed E-state index contributed by atoms with van der Waals surface area (Å²) in [4.78, 5) is 13.0. The van der Waals surface area contributed by atoms with Gasteiger partial charge in [-0.2, -0.15) is 5.21 Å². The highest BCUT2D eigenvalue weighted by Gasteiger charge is 2.16. The van der Waals surface area contributed by atoms with Gasteiger partial charge in [-0.3, -0.25) is 4.79 Å². The SMILES string of the molecule is CCCc1c(OCc2ccc(S(=O)c3cccc(-c4nn[nH]n4)c3)cc2)ccc(C(C)=O)c1O. The molecule has 4 rings (SSSR count). The molecule has 1 heterocycles. The summed E-state index contributed by atoms with van der Waals surface area (Å²) >= 11 is 0. The Labute approximate surface area is 199 Å². The molecule has 4 aromatic rings. The van der Waals surface area contributed by atoms with Crippen molar-refractivity contribution in [3.8, 4) is 22.9 Å². The van der Waals surface area contributed by atoms with Crippen LogP contribution in [0.25, 0.3) is 11.4 Å². The number of carbonyl (C=O) groups excluding carboxylic acids is 1. The van der Waals surface area contributed by atoms with Crippen molar-refractivity contribution < 1.29 is 18.8 Å². The molecule has 8 nitrogen and oxygen atoms in total. The summed E-state index contributed by atoms with van der Waals surface area (Å²) in [5.74, 6) is 0.792. The van der Waals surface area contributed by atoms with Gasteiger partial charge in [-0.15, -0.1) is 10.2 Å². The first kappa shape index (κ1) is 23.3. The Morgan fingerprint density at radius 3 is 2.56 bits per heavy atom. The van der Waals surface area contributed by atoms with E-state index in [2.05, 4.69) is 20.6 Å². The number of carbonyl (C=O) groups is 1. The monoisotopic (exact) mass is 476 g/mol. The molecule has 174 valence electrons. The Kier molecular flexibility index (Phi) is 7.12. The molecule has 34 heavy (non-hydrogen) atoms. The smallest absolute Gasteiger partial charge is 0.204 e. The van der Waals surface area contributed by atoms with Crippen LogP contribution >= 0.6 is 0 Å². The molecule has 1 unspecified atom stereocenters. The van der Waals surface area contributed by atoms with Gasteiger partial charge >= 0.3 is 0 Å². The largest absolute Gasteiger partial charge is 0.507 e. The zero-order valence-corrected chi connectivity index (χ0v) is 19.6. The summed E-state index contributed by atoms with van der Waals surface area (Å²) in [6.07, 6.45) is 1.41. The summed E-state index contributed by atoms with van der Waals surface area (Å²) in [6.45, 7) is 3.70. The Morgan fingerprint density at radius 1 is 1.09 bits per heavy atom. The second-order valence-corrected chi connectivity index (χ2v) is 9.19. The molecule has 2 N–H and O–H groups in total. The average Bonchev–Trinajstić information content (AvgIpc) is 3.39. The van der Waals surface area contributed by atoms with Gasteiger partial charge in [0, 0.05) is 20.9 Å². The first-order valence-electron chi connectivity index (χ1n) is 10.8. The van der Waals surface area contributed by atoms with E-state index in [1.54, 1.807) is 36.4 Å². The van der Waals surface area contributed by atoms with Crippen LogP contribution in [-0.4, -0.2) is 35.7 Å². The number of aromatic amines is 1. The molecule has 1 aromatic heterocycles. The van der Waals surface area contributed by atoms with Crippen molar-refractivity contribution in [2.24, 2.45) is 0 Å². The number of phenols is 1. The third-order valence-corrected chi connectivity index (χ3v) is 6.68. The van der Waals surface area contributed by atoms with E-state index in [1.165, 1.54) is 6.92 Å². The van der Waals surface area contributed by atoms with Gasteiger partial charge in [0.05, 0.1) is 16.4 Å². The van der Waals surface area contributed by atoms with Crippen LogP contribution in [0.3, 0.4) is 0 Å². The topological polar surface area (TPSA) is 118 Å². The maximum absolute atomic E-state index is 13.1. The fourth-order valence-electron chi connectivity index (χ4n) is 3.57. The number of nitrogens with zero attached hydrogens (tertiary/aromatic N) is 3. The van der Waals surface area contributed by atoms with Crippen LogP contribution in [-0.2, 0) is 23.8 Å². The van der Waals surface area contributed by atoms with Gasteiger partial charge in [0.25, 0.3) is 0 Å². The number of hydrogen-bond acceptors (Lipinski definition) is 7. The molecule has 9 heteroatoms.